The van der Waals surface area contributed by atoms with Crippen LogP contribution in [0.15, 0.2) is 83.8 Å². The van der Waals surface area contributed by atoms with Crippen LogP contribution in [0.1, 0.15) is 44.2 Å². The molecule has 3 rings (SSSR count). The summed E-state index contributed by atoms with van der Waals surface area (Å²) in [5.74, 6) is -1.70. The van der Waals surface area contributed by atoms with Crippen LogP contribution >= 0.6 is 0 Å². The molecule has 208 valence electrons. The molecule has 0 saturated carbocycles. The summed E-state index contributed by atoms with van der Waals surface area (Å²) in [5, 5.41) is 2.89. The average Bonchev–Trinajstić information content (AvgIpc) is 2.92. The molecule has 3 aromatic rings. The van der Waals surface area contributed by atoms with E-state index in [9.17, 15) is 22.4 Å². The molecule has 0 spiro atoms. The van der Waals surface area contributed by atoms with Crippen LogP contribution in [0.25, 0.3) is 0 Å². The molecule has 0 aliphatic carbocycles. The van der Waals surface area contributed by atoms with E-state index in [1.54, 1.807) is 25.1 Å². The molecule has 1 atom stereocenters. The molecule has 0 aliphatic rings. The Morgan fingerprint density at radius 2 is 1.64 bits per heavy atom. The lowest BCUT2D eigenvalue weighted by molar-refractivity contribution is -0.140. The molecule has 0 heterocycles. The number of unbranched alkanes of at least 4 members (excludes halogenated alkanes) is 1. The van der Waals surface area contributed by atoms with Gasteiger partial charge < -0.3 is 10.2 Å². The number of sulfonamides is 1. The highest BCUT2D eigenvalue weighted by molar-refractivity contribution is 7.92. The van der Waals surface area contributed by atoms with Crippen molar-refractivity contribution >= 4 is 27.5 Å². The SMILES string of the molecule is CCCCNC(=O)[C@H](CC)N(Cc1cccc(C)c1)C(=O)CN(c1ccccc1F)S(=O)(=O)c1ccccc1. The fourth-order valence-corrected chi connectivity index (χ4v) is 5.76. The van der Waals surface area contributed by atoms with Gasteiger partial charge in [0.15, 0.2) is 0 Å². The predicted octanol–water partition coefficient (Wildman–Crippen LogP) is 5.05. The van der Waals surface area contributed by atoms with Gasteiger partial charge in [-0.1, -0.05) is 80.4 Å². The van der Waals surface area contributed by atoms with E-state index in [0.29, 0.717) is 13.0 Å². The predicted molar refractivity (Wildman–Crippen MR) is 151 cm³/mol. The lowest BCUT2D eigenvalue weighted by Gasteiger charge is -2.33. The number of hydrogen-bond donors (Lipinski definition) is 1. The number of amides is 2. The van der Waals surface area contributed by atoms with Crippen molar-refractivity contribution in [2.75, 3.05) is 17.4 Å². The van der Waals surface area contributed by atoms with Crippen molar-refractivity contribution in [1.82, 2.24) is 10.2 Å². The number of halogens is 1. The van der Waals surface area contributed by atoms with Gasteiger partial charge in [-0.15, -0.1) is 0 Å². The zero-order chi connectivity index (χ0) is 28.4. The minimum atomic E-state index is -4.31. The van der Waals surface area contributed by atoms with Gasteiger partial charge in [0.25, 0.3) is 10.0 Å². The average molecular weight is 554 g/mol. The summed E-state index contributed by atoms with van der Waals surface area (Å²) in [5.41, 5.74) is 1.54. The van der Waals surface area contributed by atoms with Crippen molar-refractivity contribution in [2.24, 2.45) is 0 Å². The molecule has 9 heteroatoms. The molecule has 0 bridgehead atoms. The second-order valence-corrected chi connectivity index (χ2v) is 11.2. The highest BCUT2D eigenvalue weighted by Gasteiger charge is 2.34. The Morgan fingerprint density at radius 1 is 0.949 bits per heavy atom. The summed E-state index contributed by atoms with van der Waals surface area (Å²) in [6.07, 6.45) is 2.02. The summed E-state index contributed by atoms with van der Waals surface area (Å²) >= 11 is 0. The standard InChI is InChI=1S/C30H36FN3O4S/c1-4-6-19-32-30(36)27(5-2)33(21-24-14-12-13-23(3)20-24)29(35)22-34(28-18-11-10-17-26(28)31)39(37,38)25-15-8-7-9-16-25/h7-18,20,27H,4-6,19,21-22H2,1-3H3,(H,32,36)/t27-/m0/s1. The number of carbonyl (C=O) groups excluding carboxylic acids is 2. The van der Waals surface area contributed by atoms with Gasteiger partial charge in [-0.2, -0.15) is 0 Å². The Morgan fingerprint density at radius 3 is 2.28 bits per heavy atom. The Kier molecular flexibility index (Phi) is 10.6. The number of carbonyl (C=O) groups is 2. The quantitative estimate of drug-likeness (QED) is 0.300. The third-order valence-corrected chi connectivity index (χ3v) is 8.16. The third kappa shape index (κ3) is 7.66. The number of hydrogen-bond acceptors (Lipinski definition) is 4. The normalized spacial score (nSPS) is 12.0. The van der Waals surface area contributed by atoms with Gasteiger partial charge in [0, 0.05) is 13.1 Å². The highest BCUT2D eigenvalue weighted by Crippen LogP contribution is 2.27. The van der Waals surface area contributed by atoms with E-state index in [-0.39, 0.29) is 23.0 Å². The van der Waals surface area contributed by atoms with Crippen LogP contribution in [0.4, 0.5) is 10.1 Å². The summed E-state index contributed by atoms with van der Waals surface area (Å²) in [4.78, 5) is 28.5. The molecule has 0 unspecified atom stereocenters. The van der Waals surface area contributed by atoms with Crippen LogP contribution in [0.3, 0.4) is 0 Å². The Balaban J connectivity index is 2.03. The smallest absolute Gasteiger partial charge is 0.264 e. The van der Waals surface area contributed by atoms with E-state index >= 15 is 0 Å². The molecule has 1 N–H and O–H groups in total. The first kappa shape index (κ1) is 29.8. The number of benzene rings is 3. The van der Waals surface area contributed by atoms with Crippen molar-refractivity contribution in [2.45, 2.75) is 57.5 Å². The summed E-state index contributed by atoms with van der Waals surface area (Å²) < 4.78 is 43.1. The van der Waals surface area contributed by atoms with E-state index in [1.165, 1.54) is 35.2 Å². The largest absolute Gasteiger partial charge is 0.354 e. The van der Waals surface area contributed by atoms with Gasteiger partial charge >= 0.3 is 0 Å². The van der Waals surface area contributed by atoms with Crippen molar-refractivity contribution in [3.8, 4) is 0 Å². The number of para-hydroxylation sites is 1. The van der Waals surface area contributed by atoms with E-state index in [0.717, 1.165) is 34.3 Å². The molecular formula is C30H36FN3O4S. The first-order valence-electron chi connectivity index (χ1n) is 13.1. The molecule has 0 radical (unpaired) electrons. The molecule has 2 amide bonds. The van der Waals surface area contributed by atoms with Crippen LogP contribution in [0, 0.1) is 12.7 Å². The van der Waals surface area contributed by atoms with Crippen molar-refractivity contribution in [3.63, 3.8) is 0 Å². The molecule has 0 fully saturated rings. The van der Waals surface area contributed by atoms with Crippen LogP contribution in [0.5, 0.6) is 0 Å². The Bertz CT molecular complexity index is 1370. The maximum Gasteiger partial charge on any atom is 0.264 e. The van der Waals surface area contributed by atoms with Gasteiger partial charge in [0.2, 0.25) is 11.8 Å². The molecule has 0 aromatic heterocycles. The van der Waals surface area contributed by atoms with E-state index in [4.69, 9.17) is 0 Å². The van der Waals surface area contributed by atoms with Crippen LogP contribution in [-0.2, 0) is 26.2 Å². The molecule has 3 aromatic carbocycles. The van der Waals surface area contributed by atoms with E-state index in [1.807, 2.05) is 38.1 Å². The summed E-state index contributed by atoms with van der Waals surface area (Å²) in [7, 11) is -4.31. The van der Waals surface area contributed by atoms with Crippen molar-refractivity contribution in [1.29, 1.82) is 0 Å². The maximum atomic E-state index is 15.0. The zero-order valence-corrected chi connectivity index (χ0v) is 23.5. The topological polar surface area (TPSA) is 86.8 Å². The lowest BCUT2D eigenvalue weighted by Crippen LogP contribution is -2.52. The number of nitrogens with one attached hydrogen (secondary N) is 1. The maximum absolute atomic E-state index is 15.0. The number of anilines is 1. The highest BCUT2D eigenvalue weighted by atomic mass is 32.2. The molecule has 7 nitrogen and oxygen atoms in total. The van der Waals surface area contributed by atoms with Crippen LogP contribution in [0.2, 0.25) is 0 Å². The monoisotopic (exact) mass is 553 g/mol. The van der Waals surface area contributed by atoms with Gasteiger partial charge in [0.05, 0.1) is 10.6 Å². The second-order valence-electron chi connectivity index (χ2n) is 9.36. The van der Waals surface area contributed by atoms with Gasteiger partial charge in [-0.3, -0.25) is 13.9 Å². The van der Waals surface area contributed by atoms with E-state index < -0.39 is 34.3 Å². The van der Waals surface area contributed by atoms with E-state index in [2.05, 4.69) is 5.32 Å². The first-order chi connectivity index (χ1) is 18.7. The van der Waals surface area contributed by atoms with Crippen LogP contribution < -0.4 is 9.62 Å². The number of nitrogens with zero attached hydrogens (tertiary/aromatic N) is 2. The Labute approximate surface area is 230 Å². The fourth-order valence-electron chi connectivity index (χ4n) is 4.32. The minimum Gasteiger partial charge on any atom is -0.354 e. The Hall–Kier alpha value is -3.72. The zero-order valence-electron chi connectivity index (χ0n) is 22.6. The lowest BCUT2D eigenvalue weighted by atomic mass is 10.1. The van der Waals surface area contributed by atoms with Crippen molar-refractivity contribution in [3.05, 3.63) is 95.8 Å². The molecule has 0 saturated heterocycles. The molecule has 39 heavy (non-hydrogen) atoms. The summed E-state index contributed by atoms with van der Waals surface area (Å²) in [6, 6.07) is 19.7. The summed E-state index contributed by atoms with van der Waals surface area (Å²) in [6.45, 7) is 5.63. The third-order valence-electron chi connectivity index (χ3n) is 6.38. The second kappa shape index (κ2) is 13.9. The number of aryl methyl sites for hydroxylation is 1. The molecular weight excluding hydrogens is 517 g/mol. The van der Waals surface area contributed by atoms with Crippen LogP contribution in [-0.4, -0.2) is 44.3 Å². The van der Waals surface area contributed by atoms with Gasteiger partial charge in [-0.25, -0.2) is 12.8 Å². The van der Waals surface area contributed by atoms with Crippen molar-refractivity contribution < 1.29 is 22.4 Å². The van der Waals surface area contributed by atoms with Gasteiger partial charge in [-0.05, 0) is 49.6 Å². The molecule has 0 aliphatic heterocycles. The minimum absolute atomic E-state index is 0.0735. The first-order valence-corrected chi connectivity index (χ1v) is 14.6. The number of rotatable bonds is 13. The van der Waals surface area contributed by atoms with Gasteiger partial charge in [0.1, 0.15) is 18.4 Å². The fraction of sp³-hybridized carbons (Fsp3) is 0.333.